The van der Waals surface area contributed by atoms with E-state index >= 15 is 0 Å². The Morgan fingerprint density at radius 1 is 0.946 bits per heavy atom. The third kappa shape index (κ3) is 3.42. The molecule has 0 fully saturated rings. The number of halogens is 1. The number of rotatable bonds is 4. The van der Waals surface area contributed by atoms with E-state index in [0.29, 0.717) is 42.2 Å². The van der Waals surface area contributed by atoms with Gasteiger partial charge in [0.1, 0.15) is 11.8 Å². The minimum atomic E-state index is -0.441. The van der Waals surface area contributed by atoms with E-state index in [-0.39, 0.29) is 11.4 Å². The number of fused-ring (bicyclic) bond motifs is 3. The van der Waals surface area contributed by atoms with Crippen LogP contribution in [0.3, 0.4) is 0 Å². The molecular formula is C28H21FN6O2. The molecule has 182 valence electrons. The first-order valence-electron chi connectivity index (χ1n) is 12.0. The molecule has 0 radical (unpaired) electrons. The zero-order valence-corrected chi connectivity index (χ0v) is 19.7. The van der Waals surface area contributed by atoms with Gasteiger partial charge in [0.15, 0.2) is 17.2 Å². The van der Waals surface area contributed by atoms with Gasteiger partial charge in [-0.1, -0.05) is 54.6 Å². The smallest absolute Gasteiger partial charge is 0.331 e. The first-order valence-corrected chi connectivity index (χ1v) is 12.0. The van der Waals surface area contributed by atoms with Crippen molar-refractivity contribution in [3.63, 3.8) is 0 Å². The fourth-order valence-electron chi connectivity index (χ4n) is 5.12. The van der Waals surface area contributed by atoms with Crippen LogP contribution in [-0.2, 0) is 6.54 Å². The number of benzene rings is 3. The number of hydrogen-bond acceptors (Lipinski definition) is 5. The molecule has 8 nitrogen and oxygen atoms in total. The zero-order valence-electron chi connectivity index (χ0n) is 19.7. The van der Waals surface area contributed by atoms with E-state index < -0.39 is 11.9 Å². The predicted octanol–water partition coefficient (Wildman–Crippen LogP) is 4.49. The summed E-state index contributed by atoms with van der Waals surface area (Å²) >= 11 is 0. The molecule has 6 aromatic rings. The Morgan fingerprint density at radius 3 is 2.68 bits per heavy atom. The molecule has 3 aromatic heterocycles. The molecule has 0 N–H and O–H groups in total. The van der Waals surface area contributed by atoms with E-state index in [4.69, 9.17) is 9.72 Å². The average Bonchev–Trinajstić information content (AvgIpc) is 3.48. The Kier molecular flexibility index (Phi) is 4.88. The van der Waals surface area contributed by atoms with Gasteiger partial charge in [-0.25, -0.2) is 19.2 Å². The van der Waals surface area contributed by atoms with Gasteiger partial charge in [-0.05, 0) is 23.8 Å². The number of imidazole rings is 2. The van der Waals surface area contributed by atoms with Crippen LogP contribution in [0.1, 0.15) is 23.6 Å². The lowest BCUT2D eigenvalue weighted by atomic mass is 10.00. The molecule has 0 aliphatic carbocycles. The Labute approximate surface area is 210 Å². The third-order valence-electron chi connectivity index (χ3n) is 6.85. The Balaban J connectivity index is 1.47. The second-order valence-corrected chi connectivity index (χ2v) is 9.02. The van der Waals surface area contributed by atoms with Crippen LogP contribution in [0.5, 0.6) is 5.75 Å². The molecule has 7 rings (SSSR count). The lowest BCUT2D eigenvalue weighted by Gasteiger charge is -2.26. The van der Waals surface area contributed by atoms with Crippen molar-refractivity contribution in [3.05, 3.63) is 113 Å². The van der Waals surface area contributed by atoms with Crippen molar-refractivity contribution in [1.82, 2.24) is 28.7 Å². The van der Waals surface area contributed by atoms with Crippen molar-refractivity contribution >= 4 is 22.2 Å². The van der Waals surface area contributed by atoms with Gasteiger partial charge in [-0.2, -0.15) is 4.98 Å². The first kappa shape index (κ1) is 21.5. The van der Waals surface area contributed by atoms with Crippen LogP contribution in [0.25, 0.3) is 28.1 Å². The van der Waals surface area contributed by atoms with Crippen LogP contribution in [0.2, 0.25) is 0 Å². The molecule has 0 spiro atoms. The zero-order chi connectivity index (χ0) is 24.9. The topological polar surface area (TPSA) is 79.8 Å². The lowest BCUT2D eigenvalue weighted by Crippen LogP contribution is -2.31. The van der Waals surface area contributed by atoms with E-state index in [1.165, 1.54) is 6.07 Å². The normalized spacial score (nSPS) is 15.1. The van der Waals surface area contributed by atoms with E-state index in [1.54, 1.807) is 38.4 Å². The Hall–Kier alpha value is -4.79. The molecule has 0 saturated carbocycles. The summed E-state index contributed by atoms with van der Waals surface area (Å²) in [4.78, 5) is 28.0. The van der Waals surface area contributed by atoms with Crippen molar-refractivity contribution < 1.29 is 9.13 Å². The van der Waals surface area contributed by atoms with Crippen LogP contribution in [0.4, 0.5) is 4.39 Å². The number of nitrogens with zero attached hydrogens (tertiary/aromatic N) is 6. The summed E-state index contributed by atoms with van der Waals surface area (Å²) in [6.07, 6.45) is 3.86. The molecule has 0 amide bonds. The van der Waals surface area contributed by atoms with Crippen molar-refractivity contribution in [2.45, 2.75) is 19.0 Å². The number of aromatic nitrogens is 6. The predicted molar refractivity (Wildman–Crippen MR) is 137 cm³/mol. The van der Waals surface area contributed by atoms with Crippen LogP contribution in [0.15, 0.2) is 90.1 Å². The molecule has 1 aliphatic heterocycles. The second-order valence-electron chi connectivity index (χ2n) is 9.02. The monoisotopic (exact) mass is 492 g/mol. The lowest BCUT2D eigenvalue weighted by molar-refractivity contribution is 0.243. The van der Waals surface area contributed by atoms with Gasteiger partial charge < -0.3 is 4.74 Å². The maximum Gasteiger partial charge on any atom is 0.331 e. The highest BCUT2D eigenvalue weighted by atomic mass is 19.1. The van der Waals surface area contributed by atoms with Gasteiger partial charge in [0, 0.05) is 12.0 Å². The largest absolute Gasteiger partial charge is 0.490 e. The summed E-state index contributed by atoms with van der Waals surface area (Å²) in [5.41, 5.74) is 4.13. The molecule has 37 heavy (non-hydrogen) atoms. The summed E-state index contributed by atoms with van der Waals surface area (Å²) in [6.45, 7) is 0.652. The van der Waals surface area contributed by atoms with Gasteiger partial charge >= 0.3 is 5.69 Å². The van der Waals surface area contributed by atoms with Gasteiger partial charge in [0.2, 0.25) is 5.95 Å². The van der Waals surface area contributed by atoms with Crippen LogP contribution >= 0.6 is 0 Å². The van der Waals surface area contributed by atoms with Crippen molar-refractivity contribution in [1.29, 1.82) is 0 Å². The van der Waals surface area contributed by atoms with E-state index in [9.17, 15) is 9.18 Å². The highest BCUT2D eigenvalue weighted by Crippen LogP contribution is 2.37. The molecular weight excluding hydrogens is 471 g/mol. The second kappa shape index (κ2) is 8.41. The minimum absolute atomic E-state index is 0.185. The molecule has 0 bridgehead atoms. The molecule has 1 atom stereocenters. The Bertz CT molecular complexity index is 1840. The standard InChI is InChI=1S/C28H21FN6O2/c29-20-10-6-9-19-22(13-14-37-25(19)20)35-26-24(33(28(35)36)16-18-7-2-1-3-8-18)15-30-27(32-26)34-17-31-21-11-4-5-12-23(21)34/h1-12,15,17,22H,13-14,16H2/t22-/m1/s1. The molecule has 9 heteroatoms. The Morgan fingerprint density at radius 2 is 1.78 bits per heavy atom. The average molecular weight is 493 g/mol. The molecule has 1 aliphatic rings. The van der Waals surface area contributed by atoms with Crippen LogP contribution in [0, 0.1) is 5.82 Å². The SMILES string of the molecule is O=c1n(Cc2ccccc2)c2cnc(-n3cnc4ccccc43)nc2n1[C@@H]1CCOc2c(F)cccc21. The van der Waals surface area contributed by atoms with Crippen molar-refractivity contribution in [2.24, 2.45) is 0 Å². The van der Waals surface area contributed by atoms with Crippen molar-refractivity contribution in [3.8, 4) is 11.7 Å². The fraction of sp³-hybridized carbons (Fsp3) is 0.143. The van der Waals surface area contributed by atoms with Gasteiger partial charge in [-0.15, -0.1) is 0 Å². The van der Waals surface area contributed by atoms with Gasteiger partial charge in [0.05, 0.1) is 36.4 Å². The fourth-order valence-corrected chi connectivity index (χ4v) is 5.12. The summed E-state index contributed by atoms with van der Waals surface area (Å²) in [5.74, 6) is 0.145. The molecule has 4 heterocycles. The quantitative estimate of drug-likeness (QED) is 0.362. The number of para-hydroxylation sites is 3. The molecule has 3 aromatic carbocycles. The summed E-state index contributed by atoms with van der Waals surface area (Å²) in [6, 6.07) is 21.9. The van der Waals surface area contributed by atoms with Crippen LogP contribution in [-0.4, -0.2) is 35.3 Å². The summed E-state index contributed by atoms with van der Waals surface area (Å²) < 4.78 is 25.4. The molecule has 0 saturated heterocycles. The van der Waals surface area contributed by atoms with Crippen molar-refractivity contribution in [2.75, 3.05) is 6.61 Å². The summed E-state index contributed by atoms with van der Waals surface area (Å²) in [5, 5.41) is 0. The molecule has 0 unspecified atom stereocenters. The van der Waals surface area contributed by atoms with Gasteiger partial charge in [-0.3, -0.25) is 13.7 Å². The number of hydrogen-bond donors (Lipinski definition) is 0. The minimum Gasteiger partial charge on any atom is -0.490 e. The summed E-state index contributed by atoms with van der Waals surface area (Å²) in [7, 11) is 0. The van der Waals surface area contributed by atoms with E-state index in [2.05, 4.69) is 9.97 Å². The maximum atomic E-state index is 14.6. The van der Waals surface area contributed by atoms with E-state index in [0.717, 1.165) is 16.6 Å². The van der Waals surface area contributed by atoms with E-state index in [1.807, 2.05) is 54.6 Å². The third-order valence-corrected chi connectivity index (χ3v) is 6.85. The highest BCUT2D eigenvalue weighted by Gasteiger charge is 2.30. The number of ether oxygens (including phenoxy) is 1. The van der Waals surface area contributed by atoms with Gasteiger partial charge in [0.25, 0.3) is 0 Å². The first-order chi connectivity index (χ1) is 18.2. The highest BCUT2D eigenvalue weighted by molar-refractivity contribution is 5.77. The van der Waals surface area contributed by atoms with Crippen LogP contribution < -0.4 is 10.4 Å². The maximum absolute atomic E-state index is 14.6.